The van der Waals surface area contributed by atoms with Gasteiger partial charge in [0.1, 0.15) is 0 Å². The summed E-state index contributed by atoms with van der Waals surface area (Å²) in [4.78, 5) is 22.8. The van der Waals surface area contributed by atoms with E-state index in [1.165, 1.54) is 161 Å². The van der Waals surface area contributed by atoms with E-state index >= 15 is 0 Å². The molecule has 0 fully saturated rings. The topological polar surface area (TPSA) is 131 Å². The van der Waals surface area contributed by atoms with Crippen LogP contribution in [-0.2, 0) is 18.4 Å². The van der Waals surface area contributed by atoms with Crippen molar-refractivity contribution in [2.75, 3.05) is 19.8 Å². The van der Waals surface area contributed by atoms with Gasteiger partial charge in [0.15, 0.2) is 0 Å². The summed E-state index contributed by atoms with van der Waals surface area (Å²) in [5.41, 5.74) is 5.39. The molecule has 0 bridgehead atoms. The van der Waals surface area contributed by atoms with Gasteiger partial charge in [-0.05, 0) is 77.0 Å². The number of allylic oxidation sites excluding steroid dienone is 9. The van der Waals surface area contributed by atoms with Crippen LogP contribution in [0.1, 0.15) is 232 Å². The maximum Gasteiger partial charge on any atom is 0.472 e. The molecule has 0 aliphatic carbocycles. The summed E-state index contributed by atoms with van der Waals surface area (Å²) < 4.78 is 22.2. The van der Waals surface area contributed by atoms with Crippen molar-refractivity contribution in [2.24, 2.45) is 5.73 Å². The lowest BCUT2D eigenvalue weighted by Gasteiger charge is -2.23. The van der Waals surface area contributed by atoms with E-state index < -0.39 is 20.0 Å². The van der Waals surface area contributed by atoms with Crippen LogP contribution in [0.4, 0.5) is 0 Å². The van der Waals surface area contributed by atoms with Gasteiger partial charge in [-0.2, -0.15) is 0 Å². The third-order valence-electron chi connectivity index (χ3n) is 11.0. The Morgan fingerprint density at radius 2 is 0.918 bits per heavy atom. The SMILES string of the molecule is CCCCCCC/C=C\C/C=C\CCCCCCCCCCCCCC(=O)NC(COP(=O)(O)OCCN)C(O)/C=C/CC/C=C/CC/C=C/CCCCCCCCCCC. The van der Waals surface area contributed by atoms with E-state index in [2.05, 4.69) is 67.8 Å². The Morgan fingerprint density at radius 1 is 0.541 bits per heavy atom. The predicted molar refractivity (Wildman–Crippen MR) is 263 cm³/mol. The molecule has 0 heterocycles. The van der Waals surface area contributed by atoms with E-state index in [0.29, 0.717) is 6.42 Å². The van der Waals surface area contributed by atoms with Gasteiger partial charge in [0.05, 0.1) is 25.4 Å². The zero-order valence-electron chi connectivity index (χ0n) is 39.6. The molecule has 0 radical (unpaired) electrons. The second-order valence-corrected chi connectivity index (χ2v) is 18.5. The fourth-order valence-corrected chi connectivity index (χ4v) is 7.95. The summed E-state index contributed by atoms with van der Waals surface area (Å²) >= 11 is 0. The van der Waals surface area contributed by atoms with Crippen LogP contribution >= 0.6 is 7.82 Å². The minimum Gasteiger partial charge on any atom is -0.387 e. The molecule has 1 amide bonds. The van der Waals surface area contributed by atoms with E-state index in [9.17, 15) is 19.4 Å². The van der Waals surface area contributed by atoms with Crippen molar-refractivity contribution in [1.29, 1.82) is 0 Å². The zero-order chi connectivity index (χ0) is 44.6. The van der Waals surface area contributed by atoms with Crippen molar-refractivity contribution in [1.82, 2.24) is 5.32 Å². The van der Waals surface area contributed by atoms with Crippen molar-refractivity contribution in [2.45, 2.75) is 244 Å². The lowest BCUT2D eigenvalue weighted by atomic mass is 10.0. The molecule has 0 saturated heterocycles. The molecular weight excluding hydrogens is 780 g/mol. The number of carbonyl (C=O) groups excluding carboxylic acids is 1. The molecule has 5 N–H and O–H groups in total. The van der Waals surface area contributed by atoms with Crippen LogP contribution in [0.5, 0.6) is 0 Å². The maximum absolute atomic E-state index is 12.8. The molecule has 0 aromatic heterocycles. The summed E-state index contributed by atoms with van der Waals surface area (Å²) in [6.45, 7) is 4.10. The normalized spacial score (nSPS) is 14.4. The second-order valence-electron chi connectivity index (χ2n) is 17.0. The Hall–Kier alpha value is -1.80. The van der Waals surface area contributed by atoms with Gasteiger partial charge in [-0.15, -0.1) is 0 Å². The standard InChI is InChI=1S/C52H97N2O6P/c1-3-5-7-9-11-13-15-17-19-21-23-24-25-26-28-30-32-34-36-38-40-42-44-46-52(56)54-50(49-60-61(57,58)59-48-47-53)51(55)45-43-41-39-37-35-33-31-29-27-22-20-18-16-14-12-10-8-6-4-2/h15,17,21,23,27,29,35,37,43,45,50-51,55H,3-14,16,18-20,22,24-26,28,30-34,36,38-42,44,46-49,53H2,1-2H3,(H,54,56)(H,57,58)/b17-15-,23-21-,29-27+,37-35+,45-43+. The molecule has 61 heavy (non-hydrogen) atoms. The third kappa shape index (κ3) is 46.0. The number of hydrogen-bond acceptors (Lipinski definition) is 6. The molecule has 0 aromatic carbocycles. The first-order valence-corrected chi connectivity index (χ1v) is 26.9. The van der Waals surface area contributed by atoms with E-state index in [-0.39, 0.29) is 25.7 Å². The van der Waals surface area contributed by atoms with E-state index in [4.69, 9.17) is 14.8 Å². The number of unbranched alkanes of at least 4 members (excludes halogenated alkanes) is 27. The molecule has 0 rings (SSSR count). The van der Waals surface area contributed by atoms with E-state index in [1.807, 2.05) is 6.08 Å². The van der Waals surface area contributed by atoms with Crippen molar-refractivity contribution < 1.29 is 28.4 Å². The van der Waals surface area contributed by atoms with Gasteiger partial charge < -0.3 is 21.1 Å². The monoisotopic (exact) mass is 877 g/mol. The molecule has 3 unspecified atom stereocenters. The number of phosphoric ester groups is 1. The lowest BCUT2D eigenvalue weighted by Crippen LogP contribution is -2.45. The van der Waals surface area contributed by atoms with Gasteiger partial charge in [0, 0.05) is 13.0 Å². The highest BCUT2D eigenvalue weighted by Gasteiger charge is 2.26. The fourth-order valence-electron chi connectivity index (χ4n) is 7.19. The molecular formula is C52H97N2O6P. The highest BCUT2D eigenvalue weighted by atomic mass is 31.2. The van der Waals surface area contributed by atoms with Crippen molar-refractivity contribution in [3.63, 3.8) is 0 Å². The van der Waals surface area contributed by atoms with Gasteiger partial charge in [-0.1, -0.05) is 209 Å². The van der Waals surface area contributed by atoms with Gasteiger partial charge in [-0.3, -0.25) is 13.8 Å². The summed E-state index contributed by atoms with van der Waals surface area (Å²) in [5, 5.41) is 13.7. The van der Waals surface area contributed by atoms with E-state index in [1.54, 1.807) is 6.08 Å². The molecule has 0 aliphatic rings. The number of carbonyl (C=O) groups is 1. The Bertz CT molecular complexity index is 1140. The average molecular weight is 877 g/mol. The zero-order valence-corrected chi connectivity index (χ0v) is 40.5. The van der Waals surface area contributed by atoms with Crippen LogP contribution in [0.25, 0.3) is 0 Å². The molecule has 9 heteroatoms. The third-order valence-corrected chi connectivity index (χ3v) is 12.0. The first kappa shape index (κ1) is 59.2. The second kappa shape index (κ2) is 47.7. The Balaban J connectivity index is 4.17. The van der Waals surface area contributed by atoms with E-state index in [0.717, 1.165) is 51.4 Å². The van der Waals surface area contributed by atoms with Gasteiger partial charge in [0.2, 0.25) is 5.91 Å². The minimum absolute atomic E-state index is 0.0697. The summed E-state index contributed by atoms with van der Waals surface area (Å²) in [6.07, 6.45) is 61.4. The Kier molecular flexibility index (Phi) is 46.3. The molecule has 356 valence electrons. The fraction of sp³-hybridized carbons (Fsp3) is 0.788. The number of aliphatic hydroxyl groups excluding tert-OH is 1. The van der Waals surface area contributed by atoms with Crippen LogP contribution in [0.15, 0.2) is 60.8 Å². The number of aliphatic hydroxyl groups is 1. The number of rotatable bonds is 47. The maximum atomic E-state index is 12.8. The number of nitrogens with two attached hydrogens (primary N) is 1. The highest BCUT2D eigenvalue weighted by molar-refractivity contribution is 7.47. The summed E-state index contributed by atoms with van der Waals surface area (Å²) in [6, 6.07) is -0.887. The largest absolute Gasteiger partial charge is 0.472 e. The van der Waals surface area contributed by atoms with Gasteiger partial charge in [-0.25, -0.2) is 4.57 Å². The van der Waals surface area contributed by atoms with Crippen molar-refractivity contribution in [3.05, 3.63) is 60.8 Å². The number of amides is 1. The molecule has 0 aliphatic heterocycles. The van der Waals surface area contributed by atoms with Gasteiger partial charge in [0.25, 0.3) is 0 Å². The van der Waals surface area contributed by atoms with Gasteiger partial charge >= 0.3 is 7.82 Å². The molecule has 8 nitrogen and oxygen atoms in total. The predicted octanol–water partition coefficient (Wildman–Crippen LogP) is 15.0. The Labute approximate surface area is 376 Å². The quantitative estimate of drug-likeness (QED) is 0.0272. The average Bonchev–Trinajstić information content (AvgIpc) is 3.25. The summed E-state index contributed by atoms with van der Waals surface area (Å²) in [5.74, 6) is -0.210. The molecule has 3 atom stereocenters. The summed E-state index contributed by atoms with van der Waals surface area (Å²) in [7, 11) is -4.36. The molecule has 0 aromatic rings. The highest BCUT2D eigenvalue weighted by Crippen LogP contribution is 2.43. The number of nitrogens with one attached hydrogen (secondary N) is 1. The minimum atomic E-state index is -4.36. The Morgan fingerprint density at radius 3 is 1.36 bits per heavy atom. The smallest absolute Gasteiger partial charge is 0.387 e. The van der Waals surface area contributed by atoms with Crippen LogP contribution < -0.4 is 11.1 Å². The van der Waals surface area contributed by atoms with Crippen molar-refractivity contribution >= 4 is 13.7 Å². The molecule has 0 saturated carbocycles. The van der Waals surface area contributed by atoms with Crippen LogP contribution in [-0.4, -0.2) is 47.8 Å². The van der Waals surface area contributed by atoms with Crippen LogP contribution in [0, 0.1) is 0 Å². The first-order valence-electron chi connectivity index (χ1n) is 25.4. The van der Waals surface area contributed by atoms with Crippen LogP contribution in [0.3, 0.4) is 0 Å². The number of hydrogen-bond donors (Lipinski definition) is 4. The first-order chi connectivity index (χ1) is 29.9. The lowest BCUT2D eigenvalue weighted by molar-refractivity contribution is -0.123. The number of phosphoric acid groups is 1. The molecule has 0 spiro atoms. The van der Waals surface area contributed by atoms with Crippen molar-refractivity contribution in [3.8, 4) is 0 Å². The van der Waals surface area contributed by atoms with Crippen LogP contribution in [0.2, 0.25) is 0 Å².